The molecule has 1 aliphatic heterocycles. The fraction of sp³-hybridized carbons (Fsp3) is 0.481. The smallest absolute Gasteiger partial charge is 0.241 e. The molecule has 2 aromatic rings. The second kappa shape index (κ2) is 7.79. The summed E-state index contributed by atoms with van der Waals surface area (Å²) in [5.41, 5.74) is 2.43. The molecule has 1 spiro atoms. The zero-order valence-electron chi connectivity index (χ0n) is 19.6. The molecule has 0 radical (unpaired) electrons. The van der Waals surface area contributed by atoms with Gasteiger partial charge in [-0.15, -0.1) is 0 Å². The third kappa shape index (κ3) is 3.37. The molecule has 1 saturated heterocycles. The predicted molar refractivity (Wildman–Crippen MR) is 131 cm³/mol. The number of carbonyl (C=O) groups excluding carboxylic acids is 1. The third-order valence-electron chi connectivity index (χ3n) is 8.67. The van der Waals surface area contributed by atoms with Gasteiger partial charge in [0.15, 0.2) is 0 Å². The van der Waals surface area contributed by atoms with Crippen molar-refractivity contribution >= 4 is 21.6 Å². The van der Waals surface area contributed by atoms with Crippen molar-refractivity contribution in [3.63, 3.8) is 0 Å². The molecule has 4 atom stereocenters. The Morgan fingerprint density at radius 1 is 1.06 bits per heavy atom. The van der Waals surface area contributed by atoms with Crippen LogP contribution in [0.15, 0.2) is 65.7 Å². The van der Waals surface area contributed by atoms with Crippen LogP contribution in [0.25, 0.3) is 0 Å². The van der Waals surface area contributed by atoms with Crippen LogP contribution in [0, 0.1) is 22.7 Å². The summed E-state index contributed by atoms with van der Waals surface area (Å²) < 4.78 is 27.8. The summed E-state index contributed by atoms with van der Waals surface area (Å²) in [6, 6.07) is 19.6. The summed E-state index contributed by atoms with van der Waals surface area (Å²) in [5, 5.41) is 0. The standard InChI is InChI=1S/C27H32N2O3S/c1-19(17-28-24(20-10-6-4-7-11-20)21-12-8-5-9-13-21)25(30)29-23-16-22-14-15-27(23,26(22,2)3)18-33(29,31)32/h4-13,19,22-23H,14-18H2,1-3H3/t19-,22-,23-,27-/m1/s1. The largest absolute Gasteiger partial charge is 0.283 e. The first-order valence-electron chi connectivity index (χ1n) is 11.9. The second-order valence-corrected chi connectivity index (χ2v) is 12.4. The van der Waals surface area contributed by atoms with Gasteiger partial charge in [0.25, 0.3) is 0 Å². The lowest BCUT2D eigenvalue weighted by atomic mass is 9.69. The highest BCUT2D eigenvalue weighted by Crippen LogP contribution is 2.70. The topological polar surface area (TPSA) is 66.8 Å². The molecule has 1 heterocycles. The molecule has 0 aromatic heterocycles. The summed E-state index contributed by atoms with van der Waals surface area (Å²) in [4.78, 5) is 18.4. The van der Waals surface area contributed by atoms with E-state index in [-0.39, 0.29) is 35.1 Å². The number of hydrogen-bond acceptors (Lipinski definition) is 4. The van der Waals surface area contributed by atoms with Gasteiger partial charge >= 0.3 is 0 Å². The molecule has 2 aliphatic carbocycles. The Morgan fingerprint density at radius 3 is 2.18 bits per heavy atom. The third-order valence-corrected chi connectivity index (χ3v) is 10.6. The molecule has 2 bridgehead atoms. The molecule has 3 aliphatic rings. The van der Waals surface area contributed by atoms with Gasteiger partial charge < -0.3 is 0 Å². The van der Waals surface area contributed by atoms with Gasteiger partial charge in [-0.2, -0.15) is 0 Å². The number of nitrogens with zero attached hydrogens (tertiary/aromatic N) is 2. The zero-order chi connectivity index (χ0) is 23.4. The van der Waals surface area contributed by atoms with E-state index in [9.17, 15) is 13.2 Å². The zero-order valence-corrected chi connectivity index (χ0v) is 20.4. The predicted octanol–water partition coefficient (Wildman–Crippen LogP) is 4.53. The molecule has 6 heteroatoms. The van der Waals surface area contributed by atoms with Crippen molar-refractivity contribution in [1.82, 2.24) is 4.31 Å². The van der Waals surface area contributed by atoms with Crippen LogP contribution in [0.4, 0.5) is 0 Å². The molecule has 1 amide bonds. The van der Waals surface area contributed by atoms with Gasteiger partial charge in [0, 0.05) is 16.5 Å². The van der Waals surface area contributed by atoms with E-state index in [1.165, 1.54) is 4.31 Å². The van der Waals surface area contributed by atoms with E-state index in [0.717, 1.165) is 36.1 Å². The minimum absolute atomic E-state index is 0.0467. The van der Waals surface area contributed by atoms with Gasteiger partial charge in [0.1, 0.15) is 0 Å². The highest BCUT2D eigenvalue weighted by atomic mass is 32.2. The van der Waals surface area contributed by atoms with Crippen LogP contribution in [0.1, 0.15) is 51.2 Å². The van der Waals surface area contributed by atoms with Gasteiger partial charge in [-0.25, -0.2) is 12.7 Å². The van der Waals surface area contributed by atoms with Gasteiger partial charge in [-0.1, -0.05) is 81.4 Å². The highest BCUT2D eigenvalue weighted by molar-refractivity contribution is 7.90. The van der Waals surface area contributed by atoms with E-state index < -0.39 is 15.9 Å². The highest BCUT2D eigenvalue weighted by Gasteiger charge is 2.72. The van der Waals surface area contributed by atoms with E-state index >= 15 is 0 Å². The summed E-state index contributed by atoms with van der Waals surface area (Å²) in [5.74, 6) is -0.219. The minimum Gasteiger partial charge on any atom is -0.283 e. The van der Waals surface area contributed by atoms with Crippen molar-refractivity contribution in [2.75, 3.05) is 12.3 Å². The number of carbonyl (C=O) groups is 1. The number of benzene rings is 2. The molecular formula is C27H32N2O3S. The first-order chi connectivity index (χ1) is 15.7. The Morgan fingerprint density at radius 2 is 1.64 bits per heavy atom. The second-order valence-electron chi connectivity index (χ2n) is 10.6. The Kier molecular flexibility index (Phi) is 5.27. The van der Waals surface area contributed by atoms with E-state index in [0.29, 0.717) is 5.92 Å². The van der Waals surface area contributed by atoms with Crippen LogP contribution in [-0.2, 0) is 14.8 Å². The number of sulfonamides is 1. The van der Waals surface area contributed by atoms with Crippen LogP contribution < -0.4 is 0 Å². The van der Waals surface area contributed by atoms with E-state index in [4.69, 9.17) is 4.99 Å². The number of rotatable bonds is 5. The average Bonchev–Trinajstić information content (AvgIpc) is 3.28. The lowest BCUT2D eigenvalue weighted by Crippen LogP contribution is -2.46. The molecule has 33 heavy (non-hydrogen) atoms. The number of amides is 1. The van der Waals surface area contributed by atoms with Crippen LogP contribution in [0.3, 0.4) is 0 Å². The van der Waals surface area contributed by atoms with Gasteiger partial charge in [-0.3, -0.25) is 9.79 Å². The van der Waals surface area contributed by atoms with Crippen LogP contribution in [-0.4, -0.2) is 42.7 Å². The van der Waals surface area contributed by atoms with Crippen molar-refractivity contribution in [1.29, 1.82) is 0 Å². The molecule has 2 aromatic carbocycles. The van der Waals surface area contributed by atoms with Crippen molar-refractivity contribution in [3.8, 4) is 0 Å². The lowest BCUT2D eigenvalue weighted by Gasteiger charge is -2.37. The Balaban J connectivity index is 1.42. The van der Waals surface area contributed by atoms with E-state index in [1.54, 1.807) is 6.92 Å². The molecule has 2 saturated carbocycles. The number of aliphatic imine (C=N–C) groups is 1. The molecule has 0 N–H and O–H groups in total. The lowest BCUT2D eigenvalue weighted by molar-refractivity contribution is -0.132. The van der Waals surface area contributed by atoms with Crippen molar-refractivity contribution < 1.29 is 13.2 Å². The van der Waals surface area contributed by atoms with Gasteiger partial charge in [0.2, 0.25) is 15.9 Å². The van der Waals surface area contributed by atoms with Crippen LogP contribution in [0.5, 0.6) is 0 Å². The van der Waals surface area contributed by atoms with Crippen molar-refractivity contribution in [2.24, 2.45) is 27.7 Å². The monoisotopic (exact) mass is 464 g/mol. The summed E-state index contributed by atoms with van der Waals surface area (Å²) in [6.45, 7) is 6.45. The maximum atomic E-state index is 13.6. The van der Waals surface area contributed by atoms with Crippen molar-refractivity contribution in [3.05, 3.63) is 71.8 Å². The maximum Gasteiger partial charge on any atom is 0.241 e. The van der Waals surface area contributed by atoms with E-state index in [2.05, 4.69) is 13.8 Å². The van der Waals surface area contributed by atoms with E-state index in [1.807, 2.05) is 60.7 Å². The number of fused-ring (bicyclic) bond motifs is 1. The molecule has 3 fully saturated rings. The van der Waals surface area contributed by atoms with Crippen LogP contribution >= 0.6 is 0 Å². The Hall–Kier alpha value is -2.47. The molecular weight excluding hydrogens is 432 g/mol. The Labute approximate surface area is 197 Å². The first-order valence-corrected chi connectivity index (χ1v) is 13.5. The maximum absolute atomic E-state index is 13.6. The molecule has 5 rings (SSSR count). The molecule has 174 valence electrons. The molecule has 0 unspecified atom stereocenters. The van der Waals surface area contributed by atoms with Crippen LogP contribution in [0.2, 0.25) is 0 Å². The minimum atomic E-state index is -3.61. The number of hydrogen-bond donors (Lipinski definition) is 0. The first kappa shape index (κ1) is 22.3. The quantitative estimate of drug-likeness (QED) is 0.611. The van der Waals surface area contributed by atoms with Crippen molar-refractivity contribution in [2.45, 2.75) is 46.1 Å². The molecule has 5 nitrogen and oxygen atoms in total. The van der Waals surface area contributed by atoms with Gasteiger partial charge in [0.05, 0.1) is 30.0 Å². The fourth-order valence-electron chi connectivity index (χ4n) is 6.64. The SMILES string of the molecule is C[C@H](CN=C(c1ccccc1)c1ccccc1)C(=O)N1[C@@H]2C[C@H]3CC[C@]2(CS1(=O)=O)C3(C)C. The summed E-state index contributed by atoms with van der Waals surface area (Å²) in [7, 11) is -3.61. The summed E-state index contributed by atoms with van der Waals surface area (Å²) in [6.07, 6.45) is 2.77. The Bertz CT molecular complexity index is 1150. The van der Waals surface area contributed by atoms with Gasteiger partial charge in [-0.05, 0) is 30.6 Å². The normalized spacial score (nSPS) is 29.5. The average molecular weight is 465 g/mol. The summed E-state index contributed by atoms with van der Waals surface area (Å²) >= 11 is 0. The fourth-order valence-corrected chi connectivity index (χ4v) is 9.27.